The first-order valence-corrected chi connectivity index (χ1v) is 10.7. The first-order valence-electron chi connectivity index (χ1n) is 9.10. The maximum atomic E-state index is 6.00. The summed E-state index contributed by atoms with van der Waals surface area (Å²) in [7, 11) is 0. The van der Waals surface area contributed by atoms with Gasteiger partial charge in [-0.1, -0.05) is 59.9 Å². The van der Waals surface area contributed by atoms with Gasteiger partial charge >= 0.3 is 0 Å². The second kappa shape index (κ2) is 6.36. The average Bonchev–Trinajstić information content (AvgIpc) is 3.37. The van der Waals surface area contributed by atoms with E-state index in [1.54, 1.807) is 23.3 Å². The molecule has 1 aromatic heterocycles. The molecule has 2 aliphatic heterocycles. The van der Waals surface area contributed by atoms with Crippen molar-refractivity contribution in [1.82, 2.24) is 4.98 Å². The quantitative estimate of drug-likeness (QED) is 0.406. The van der Waals surface area contributed by atoms with Crippen molar-refractivity contribution >= 4 is 44.3 Å². The van der Waals surface area contributed by atoms with Crippen LogP contribution < -0.4 is 9.90 Å². The summed E-state index contributed by atoms with van der Waals surface area (Å²) in [6.45, 7) is 0.718. The number of thiazole rings is 1. The summed E-state index contributed by atoms with van der Waals surface area (Å²) < 4.78 is 5.93. The molecule has 3 heterocycles. The van der Waals surface area contributed by atoms with Crippen molar-refractivity contribution < 1.29 is 4.84 Å². The SMILES string of the molecule is c1ccc2c(c1)CN(c1nc3c(C4=NSc5ccccc5C4)cccc3s1)O2. The summed E-state index contributed by atoms with van der Waals surface area (Å²) >= 11 is 3.21. The number of hydrogen-bond acceptors (Lipinski definition) is 6. The van der Waals surface area contributed by atoms with Gasteiger partial charge in [-0.05, 0) is 23.8 Å². The molecule has 2 aliphatic rings. The lowest BCUT2D eigenvalue weighted by Gasteiger charge is -2.15. The van der Waals surface area contributed by atoms with Crippen LogP contribution in [-0.4, -0.2) is 10.7 Å². The Morgan fingerprint density at radius 2 is 1.75 bits per heavy atom. The van der Waals surface area contributed by atoms with Crippen molar-refractivity contribution in [3.8, 4) is 5.75 Å². The summed E-state index contributed by atoms with van der Waals surface area (Å²) in [6.07, 6.45) is 0.834. The lowest BCUT2D eigenvalue weighted by molar-refractivity contribution is 0.308. The molecule has 0 amide bonds. The lowest BCUT2D eigenvalue weighted by atomic mass is 10.0. The van der Waals surface area contributed by atoms with Crippen LogP contribution in [0, 0.1) is 0 Å². The first kappa shape index (κ1) is 16.2. The highest BCUT2D eigenvalue weighted by Crippen LogP contribution is 2.38. The largest absolute Gasteiger partial charge is 0.377 e. The van der Waals surface area contributed by atoms with Crippen LogP contribution in [0.4, 0.5) is 5.13 Å². The van der Waals surface area contributed by atoms with Gasteiger partial charge in [0.2, 0.25) is 5.13 Å². The van der Waals surface area contributed by atoms with E-state index in [1.807, 2.05) is 23.3 Å². The van der Waals surface area contributed by atoms with Crippen molar-refractivity contribution in [3.05, 3.63) is 83.4 Å². The number of rotatable bonds is 2. The van der Waals surface area contributed by atoms with Gasteiger partial charge in [-0.25, -0.2) is 9.38 Å². The second-order valence-electron chi connectivity index (χ2n) is 6.80. The van der Waals surface area contributed by atoms with Gasteiger partial charge < -0.3 is 4.84 Å². The van der Waals surface area contributed by atoms with Crippen molar-refractivity contribution in [3.63, 3.8) is 0 Å². The van der Waals surface area contributed by atoms with Crippen LogP contribution in [0.3, 0.4) is 0 Å². The molecule has 6 rings (SSSR count). The number of hydrogen-bond donors (Lipinski definition) is 0. The fraction of sp³-hybridized carbons (Fsp3) is 0.0909. The zero-order valence-electron chi connectivity index (χ0n) is 14.8. The van der Waals surface area contributed by atoms with Gasteiger partial charge in [0.15, 0.2) is 5.75 Å². The predicted molar refractivity (Wildman–Crippen MR) is 115 cm³/mol. The molecule has 0 saturated heterocycles. The van der Waals surface area contributed by atoms with Crippen LogP contribution in [0.2, 0.25) is 0 Å². The van der Waals surface area contributed by atoms with Gasteiger partial charge in [-0.2, -0.15) is 5.06 Å². The molecule has 0 bridgehead atoms. The Morgan fingerprint density at radius 1 is 0.893 bits per heavy atom. The van der Waals surface area contributed by atoms with Crippen LogP contribution in [0.5, 0.6) is 5.75 Å². The van der Waals surface area contributed by atoms with Gasteiger partial charge in [0, 0.05) is 34.4 Å². The monoisotopic (exact) mass is 401 g/mol. The first-order chi connectivity index (χ1) is 13.8. The lowest BCUT2D eigenvalue weighted by Crippen LogP contribution is -2.19. The normalized spacial score (nSPS) is 15.1. The molecule has 6 heteroatoms. The van der Waals surface area contributed by atoms with Crippen molar-refractivity contribution in [1.29, 1.82) is 0 Å². The molecule has 0 saturated carbocycles. The molecule has 136 valence electrons. The van der Waals surface area contributed by atoms with Gasteiger partial charge in [0.25, 0.3) is 0 Å². The van der Waals surface area contributed by atoms with E-state index in [4.69, 9.17) is 14.2 Å². The minimum Gasteiger partial charge on any atom is -0.377 e. The molecule has 0 fully saturated rings. The van der Waals surface area contributed by atoms with E-state index in [0.29, 0.717) is 0 Å². The van der Waals surface area contributed by atoms with Crippen molar-refractivity contribution in [2.45, 2.75) is 17.9 Å². The van der Waals surface area contributed by atoms with Gasteiger partial charge in [-0.15, -0.1) is 0 Å². The number of hydroxylamine groups is 1. The predicted octanol–water partition coefficient (Wildman–Crippen LogP) is 5.66. The molecule has 4 nitrogen and oxygen atoms in total. The molecular weight excluding hydrogens is 386 g/mol. The average molecular weight is 402 g/mol. The summed E-state index contributed by atoms with van der Waals surface area (Å²) in [5.41, 5.74) is 5.70. The Labute approximate surface area is 170 Å². The highest BCUT2D eigenvalue weighted by Gasteiger charge is 2.25. The van der Waals surface area contributed by atoms with Crippen molar-refractivity contribution in [2.75, 3.05) is 5.06 Å². The van der Waals surface area contributed by atoms with Crippen LogP contribution in [0.25, 0.3) is 10.2 Å². The highest BCUT2D eigenvalue weighted by molar-refractivity contribution is 7.98. The number of anilines is 1. The number of para-hydroxylation sites is 2. The van der Waals surface area contributed by atoms with Crippen LogP contribution >= 0.6 is 23.3 Å². The Kier molecular flexibility index (Phi) is 3.67. The number of aromatic nitrogens is 1. The topological polar surface area (TPSA) is 37.7 Å². The fourth-order valence-electron chi connectivity index (χ4n) is 3.61. The van der Waals surface area contributed by atoms with E-state index in [-0.39, 0.29) is 0 Å². The van der Waals surface area contributed by atoms with Gasteiger partial charge in [0.1, 0.15) is 0 Å². The molecular formula is C22H15N3OS2. The van der Waals surface area contributed by atoms with Crippen molar-refractivity contribution in [2.24, 2.45) is 4.40 Å². The molecule has 0 unspecified atom stereocenters. The Balaban J connectivity index is 1.37. The minimum absolute atomic E-state index is 0.718. The molecule has 0 spiro atoms. The summed E-state index contributed by atoms with van der Waals surface area (Å²) in [4.78, 5) is 12.2. The second-order valence-corrected chi connectivity index (χ2v) is 8.61. The molecule has 28 heavy (non-hydrogen) atoms. The smallest absolute Gasteiger partial charge is 0.220 e. The molecule has 3 aromatic carbocycles. The van der Waals surface area contributed by atoms with E-state index in [1.165, 1.54) is 16.0 Å². The zero-order chi connectivity index (χ0) is 18.5. The maximum Gasteiger partial charge on any atom is 0.220 e. The number of nitrogens with zero attached hydrogens (tertiary/aromatic N) is 3. The third-order valence-electron chi connectivity index (χ3n) is 5.01. The Bertz CT molecular complexity index is 1220. The van der Waals surface area contributed by atoms with E-state index in [2.05, 4.69) is 48.5 Å². The van der Waals surface area contributed by atoms with E-state index >= 15 is 0 Å². The van der Waals surface area contributed by atoms with Crippen LogP contribution in [-0.2, 0) is 13.0 Å². The molecule has 4 aromatic rings. The molecule has 0 radical (unpaired) electrons. The third kappa shape index (κ3) is 2.60. The molecule has 0 aliphatic carbocycles. The van der Waals surface area contributed by atoms with E-state index in [0.717, 1.165) is 45.3 Å². The third-order valence-corrected chi connectivity index (χ3v) is 6.95. The Hall–Kier alpha value is -2.83. The number of benzene rings is 3. The summed E-state index contributed by atoms with van der Waals surface area (Å²) in [5.74, 6) is 0.909. The Morgan fingerprint density at radius 3 is 2.68 bits per heavy atom. The standard InChI is InChI=1S/C22H15N3OS2/c1-3-9-18-15(7-1)13-25(26-18)22-23-21-16(8-5-11-20(21)27-22)17-12-14-6-2-4-10-19(14)28-24-17/h1-11H,12-13H2. The fourth-order valence-corrected chi connectivity index (χ4v) is 5.32. The molecule has 0 N–H and O–H groups in total. The highest BCUT2D eigenvalue weighted by atomic mass is 32.2. The number of fused-ring (bicyclic) bond motifs is 3. The summed E-state index contributed by atoms with van der Waals surface area (Å²) in [5, 5.41) is 2.76. The van der Waals surface area contributed by atoms with Crippen LogP contribution in [0.15, 0.2) is 76.0 Å². The van der Waals surface area contributed by atoms with Crippen LogP contribution in [0.1, 0.15) is 16.7 Å². The van der Waals surface area contributed by atoms with E-state index < -0.39 is 0 Å². The van der Waals surface area contributed by atoms with Gasteiger partial charge in [-0.3, -0.25) is 0 Å². The molecule has 0 atom stereocenters. The maximum absolute atomic E-state index is 6.00. The van der Waals surface area contributed by atoms with E-state index in [9.17, 15) is 0 Å². The minimum atomic E-state index is 0.718. The summed E-state index contributed by atoms with van der Waals surface area (Å²) in [6, 6.07) is 22.9. The van der Waals surface area contributed by atoms with Gasteiger partial charge in [0.05, 0.1) is 22.5 Å². The zero-order valence-corrected chi connectivity index (χ0v) is 16.5.